The standard InChI is InChI=1S/C62H36B2N4OS4.2Pt/c1-35-59(39-13-7-5-8-14-39)37(3)67(65-35)44-23-27-53-48(32-44)63-46-29-41(21-25-51(46)70-55-17-11-19-57(72-53)61(55)63)43-31-50(69-34-43)42-22-26-52-47(30-42)64-49-33-45(24-28-54(49)73-58-20-12-18-56(71-52)62(58)64)68-38(4)60(36(2)66-68)40-15-9-6-10-16-40;;/h5-28H,1-4H3;;/q-6;;. The number of rotatable bonds is 6. The van der Waals surface area contributed by atoms with Gasteiger partial charge >= 0.3 is 0 Å². The molecule has 0 amide bonds. The largest absolute Gasteiger partial charge is 0.631 e. The first kappa shape index (κ1) is 49.0. The predicted molar refractivity (Wildman–Crippen MR) is 298 cm³/mol. The minimum absolute atomic E-state index is 0. The first-order chi connectivity index (χ1) is 35.8. The average molecular weight is 1390 g/mol. The first-order valence-corrected chi connectivity index (χ1v) is 27.5. The second-order valence-corrected chi connectivity index (χ2v) is 23.2. The Kier molecular flexibility index (Phi) is 12.5. The molecule has 11 aromatic rings. The van der Waals surface area contributed by atoms with Gasteiger partial charge in [0.1, 0.15) is 0 Å². The third-order valence-electron chi connectivity index (χ3n) is 14.5. The third-order valence-corrected chi connectivity index (χ3v) is 19.2. The summed E-state index contributed by atoms with van der Waals surface area (Å²) in [5, 5.41) is 10.2. The van der Waals surface area contributed by atoms with Gasteiger partial charge in [-0.3, -0.25) is 9.36 Å². The van der Waals surface area contributed by atoms with Crippen LogP contribution in [0, 0.1) is 64.3 Å². The van der Waals surface area contributed by atoms with Crippen LogP contribution in [0.15, 0.2) is 189 Å². The van der Waals surface area contributed by atoms with Crippen molar-refractivity contribution in [3.8, 4) is 56.1 Å². The second kappa shape index (κ2) is 19.1. The summed E-state index contributed by atoms with van der Waals surface area (Å²) in [5.41, 5.74) is 20.2. The van der Waals surface area contributed by atoms with Gasteiger partial charge in [0.2, 0.25) is 13.4 Å². The Labute approximate surface area is 482 Å². The third kappa shape index (κ3) is 7.89. The number of aromatic nitrogens is 4. The van der Waals surface area contributed by atoms with Gasteiger partial charge in [-0.05, 0) is 105 Å². The zero-order valence-electron chi connectivity index (χ0n) is 40.5. The molecule has 366 valence electrons. The molecule has 5 nitrogen and oxygen atoms in total. The Morgan fingerprint density at radius 3 is 1.27 bits per heavy atom. The van der Waals surface area contributed by atoms with E-state index in [9.17, 15) is 0 Å². The number of hydrogen-bond donors (Lipinski definition) is 0. The smallest absolute Gasteiger partial charge is 0.202 e. The Balaban J connectivity index is 0.00000270. The van der Waals surface area contributed by atoms with E-state index in [1.165, 1.54) is 50.1 Å². The molecule has 15 rings (SSSR count). The summed E-state index contributed by atoms with van der Waals surface area (Å²) in [4.78, 5) is 9.78. The zero-order valence-corrected chi connectivity index (χ0v) is 48.3. The van der Waals surface area contributed by atoms with Gasteiger partial charge in [-0.25, -0.2) is 12.1 Å². The molecule has 8 aromatic carbocycles. The van der Waals surface area contributed by atoms with Crippen LogP contribution in [0.25, 0.3) is 56.1 Å². The van der Waals surface area contributed by atoms with E-state index in [-0.39, 0.29) is 55.6 Å². The Morgan fingerprint density at radius 2 is 0.813 bits per heavy atom. The van der Waals surface area contributed by atoms with E-state index in [4.69, 9.17) is 14.6 Å². The van der Waals surface area contributed by atoms with Gasteiger partial charge in [-0.15, -0.1) is 87.0 Å². The topological polar surface area (TPSA) is 48.8 Å². The Morgan fingerprint density at radius 1 is 0.413 bits per heavy atom. The SMILES string of the molecule is Cc1nn(-c2[c-]c3c(cc2)Sc2cccc4c2B3c2[c-]c(-c3[c-]oc(-c5[c-]c6c(cc5)Sc5cccc7c5B6c5[c-]c(-n6nc(C)c(-c8ccccc8)c6C)ccc5S7)[c-]3)ccc2S4)c(C)c1-c1ccccc1.[Pt].[Pt]. The summed E-state index contributed by atoms with van der Waals surface area (Å²) in [5.74, 6) is 0.589. The fraction of sp³-hybridized carbons (Fsp3) is 0.0645. The molecule has 4 aliphatic heterocycles. The number of nitrogens with zero attached hydrogens (tertiary/aromatic N) is 4. The number of aryl methyl sites for hydroxylation is 2. The van der Waals surface area contributed by atoms with E-state index in [0.717, 1.165) is 94.9 Å². The maximum atomic E-state index is 6.35. The molecule has 0 atom stereocenters. The van der Waals surface area contributed by atoms with E-state index in [1.54, 1.807) is 0 Å². The minimum Gasteiger partial charge on any atom is -0.631 e. The van der Waals surface area contributed by atoms with Crippen molar-refractivity contribution < 1.29 is 46.5 Å². The number of hydrogen-bond acceptors (Lipinski definition) is 7. The molecule has 0 unspecified atom stereocenters. The van der Waals surface area contributed by atoms with Gasteiger partial charge in [0.15, 0.2) is 0 Å². The van der Waals surface area contributed by atoms with Gasteiger partial charge < -0.3 is 21.6 Å². The van der Waals surface area contributed by atoms with E-state index < -0.39 is 0 Å². The van der Waals surface area contributed by atoms with Crippen molar-refractivity contribution in [2.75, 3.05) is 0 Å². The van der Waals surface area contributed by atoms with Crippen molar-refractivity contribution in [2.45, 2.75) is 66.9 Å². The molecule has 75 heavy (non-hydrogen) atoms. The molecule has 0 aliphatic carbocycles. The van der Waals surface area contributed by atoms with Crippen molar-refractivity contribution in [1.29, 1.82) is 0 Å². The normalized spacial score (nSPS) is 13.1. The maximum absolute atomic E-state index is 6.35. The van der Waals surface area contributed by atoms with Crippen LogP contribution in [0.3, 0.4) is 0 Å². The van der Waals surface area contributed by atoms with Crippen molar-refractivity contribution >= 4 is 93.2 Å². The molecular weight excluding hydrogens is 1360 g/mol. The summed E-state index contributed by atoms with van der Waals surface area (Å²) in [6.45, 7) is 8.33. The van der Waals surface area contributed by atoms with E-state index in [0.29, 0.717) is 5.76 Å². The number of fused-ring (bicyclic) bond motifs is 8. The molecule has 0 bridgehead atoms. The van der Waals surface area contributed by atoms with Crippen molar-refractivity contribution in [3.05, 3.63) is 205 Å². The summed E-state index contributed by atoms with van der Waals surface area (Å²) < 4.78 is 10.5. The molecule has 0 saturated carbocycles. The Bertz CT molecular complexity index is 3850. The zero-order chi connectivity index (χ0) is 48.6. The summed E-state index contributed by atoms with van der Waals surface area (Å²) in [7, 11) is 0. The van der Waals surface area contributed by atoms with Gasteiger partial charge in [0, 0.05) is 64.6 Å². The number of furan rings is 1. The molecule has 0 fully saturated rings. The molecule has 7 heterocycles. The monoisotopic (exact) mass is 1390 g/mol. The van der Waals surface area contributed by atoms with Gasteiger partial charge in [-0.2, -0.15) is 74.4 Å². The van der Waals surface area contributed by atoms with Crippen molar-refractivity contribution in [1.82, 2.24) is 19.6 Å². The van der Waals surface area contributed by atoms with E-state index in [2.05, 4.69) is 219 Å². The molecule has 0 spiro atoms. The second-order valence-electron chi connectivity index (χ2n) is 18.8. The van der Waals surface area contributed by atoms with Gasteiger partial charge in [0.05, 0.1) is 11.4 Å². The quantitative estimate of drug-likeness (QED) is 0.121. The fourth-order valence-corrected chi connectivity index (χ4v) is 16.0. The molecule has 4 aliphatic rings. The summed E-state index contributed by atoms with van der Waals surface area (Å²) in [6, 6.07) is 71.1. The van der Waals surface area contributed by atoms with Crippen molar-refractivity contribution in [2.24, 2.45) is 0 Å². The van der Waals surface area contributed by atoms with Crippen LogP contribution < -0.4 is 32.8 Å². The Hall–Kier alpha value is -5.63. The molecular formula is C62H36B2N4OPt2S4-6. The van der Waals surface area contributed by atoms with E-state index >= 15 is 0 Å². The van der Waals surface area contributed by atoms with Crippen LogP contribution in [-0.4, -0.2) is 33.0 Å². The molecule has 0 radical (unpaired) electrons. The number of benzene rings is 8. The van der Waals surface area contributed by atoms with Crippen LogP contribution in [0.4, 0.5) is 0 Å². The fourth-order valence-electron chi connectivity index (χ4n) is 11.3. The van der Waals surface area contributed by atoms with Crippen LogP contribution in [0.1, 0.15) is 22.8 Å². The molecule has 13 heteroatoms. The van der Waals surface area contributed by atoms with Crippen molar-refractivity contribution in [3.63, 3.8) is 0 Å². The minimum atomic E-state index is -0.0807. The molecule has 3 aromatic heterocycles. The van der Waals surface area contributed by atoms with Crippen LogP contribution >= 0.6 is 47.0 Å². The average Bonchev–Trinajstić information content (AvgIpc) is 4.13. The summed E-state index contributed by atoms with van der Waals surface area (Å²) in [6.07, 6.45) is 3.25. The predicted octanol–water partition coefficient (Wildman–Crippen LogP) is 11.2. The summed E-state index contributed by atoms with van der Waals surface area (Å²) >= 11 is 7.26. The first-order valence-electron chi connectivity index (χ1n) is 24.2. The van der Waals surface area contributed by atoms with Gasteiger partial charge in [0.25, 0.3) is 0 Å². The van der Waals surface area contributed by atoms with Crippen LogP contribution in [-0.2, 0) is 42.1 Å². The maximum Gasteiger partial charge on any atom is 0.202 e. The molecule has 0 saturated heterocycles. The van der Waals surface area contributed by atoms with E-state index in [1.807, 2.05) is 47.0 Å². The van der Waals surface area contributed by atoms with Gasteiger partial charge in [-0.1, -0.05) is 88.3 Å². The van der Waals surface area contributed by atoms with Crippen LogP contribution in [0.5, 0.6) is 0 Å². The molecule has 0 N–H and O–H groups in total. The van der Waals surface area contributed by atoms with Crippen LogP contribution in [0.2, 0.25) is 0 Å².